The smallest absolute Gasteiger partial charge is 0.134 e. The minimum Gasteiger partial charge on any atom is -0.309 e. The fraction of sp³-hybridized carbons (Fsp3) is 0.533. The second kappa shape index (κ2) is 5.73. The molecule has 1 atom stereocenters. The van der Waals surface area contributed by atoms with E-state index in [2.05, 4.69) is 30.6 Å². The summed E-state index contributed by atoms with van der Waals surface area (Å²) < 4.78 is 0. The molecular formula is C15H20N2S2. The predicted molar refractivity (Wildman–Crippen MR) is 84.1 cm³/mol. The van der Waals surface area contributed by atoms with Gasteiger partial charge in [0.2, 0.25) is 0 Å². The zero-order valence-electron chi connectivity index (χ0n) is 11.5. The van der Waals surface area contributed by atoms with E-state index in [4.69, 9.17) is 4.98 Å². The van der Waals surface area contributed by atoms with E-state index in [9.17, 15) is 0 Å². The van der Waals surface area contributed by atoms with Crippen LogP contribution >= 0.6 is 22.7 Å². The van der Waals surface area contributed by atoms with Crippen molar-refractivity contribution in [1.29, 1.82) is 0 Å². The summed E-state index contributed by atoms with van der Waals surface area (Å²) in [4.78, 5) is 7.74. The van der Waals surface area contributed by atoms with E-state index < -0.39 is 0 Å². The molecule has 0 amide bonds. The maximum atomic E-state index is 4.90. The quantitative estimate of drug-likeness (QED) is 0.893. The molecule has 1 aliphatic carbocycles. The van der Waals surface area contributed by atoms with Crippen molar-refractivity contribution in [3.05, 3.63) is 27.6 Å². The van der Waals surface area contributed by atoms with Crippen LogP contribution in [0.4, 0.5) is 0 Å². The first-order valence-corrected chi connectivity index (χ1v) is 8.76. The van der Waals surface area contributed by atoms with Gasteiger partial charge in [0.05, 0.1) is 10.6 Å². The Labute approximate surface area is 122 Å². The fourth-order valence-corrected chi connectivity index (χ4v) is 4.93. The monoisotopic (exact) mass is 292 g/mol. The summed E-state index contributed by atoms with van der Waals surface area (Å²) in [5.74, 6) is 0. The molecule has 0 aliphatic heterocycles. The lowest BCUT2D eigenvalue weighted by molar-refractivity contribution is 0.465. The number of rotatable bonds is 4. The Morgan fingerprint density at radius 3 is 3.11 bits per heavy atom. The van der Waals surface area contributed by atoms with Gasteiger partial charge in [0.15, 0.2) is 0 Å². The Balaban J connectivity index is 1.91. The summed E-state index contributed by atoms with van der Waals surface area (Å²) in [6.07, 6.45) is 4.88. The molecule has 0 fully saturated rings. The van der Waals surface area contributed by atoms with Crippen LogP contribution in [0.25, 0.3) is 9.88 Å². The van der Waals surface area contributed by atoms with Crippen molar-refractivity contribution < 1.29 is 0 Å². The SMILES string of the molecule is CCCNC1CCCc2nc(-c3sccc3C)sc21. The lowest BCUT2D eigenvalue weighted by Gasteiger charge is -2.22. The Morgan fingerprint density at radius 1 is 1.47 bits per heavy atom. The fourth-order valence-electron chi connectivity index (χ4n) is 2.62. The third kappa shape index (κ3) is 2.62. The van der Waals surface area contributed by atoms with Crippen LogP contribution in [0, 0.1) is 6.92 Å². The Hall–Kier alpha value is -0.710. The Bertz CT molecular complexity index is 556. The summed E-state index contributed by atoms with van der Waals surface area (Å²) in [7, 11) is 0. The molecule has 0 spiro atoms. The summed E-state index contributed by atoms with van der Waals surface area (Å²) in [5, 5.41) is 7.06. The van der Waals surface area contributed by atoms with E-state index in [0.29, 0.717) is 6.04 Å². The first-order valence-electron chi connectivity index (χ1n) is 7.07. The molecule has 1 aliphatic rings. The van der Waals surface area contributed by atoms with E-state index in [1.54, 1.807) is 0 Å². The lowest BCUT2D eigenvalue weighted by Crippen LogP contribution is -2.24. The minimum absolute atomic E-state index is 0.537. The summed E-state index contributed by atoms with van der Waals surface area (Å²) in [5.41, 5.74) is 2.70. The molecule has 1 N–H and O–H groups in total. The van der Waals surface area contributed by atoms with Gasteiger partial charge in [-0.05, 0) is 56.2 Å². The van der Waals surface area contributed by atoms with Gasteiger partial charge in [-0.3, -0.25) is 0 Å². The largest absolute Gasteiger partial charge is 0.309 e. The standard InChI is InChI=1S/C15H20N2S2/c1-3-8-16-11-5-4-6-12-14(11)19-15(17-12)13-10(2)7-9-18-13/h7,9,11,16H,3-6,8H2,1-2H3. The van der Waals surface area contributed by atoms with Crippen LogP contribution in [0.15, 0.2) is 11.4 Å². The average Bonchev–Trinajstić information content (AvgIpc) is 3.01. The molecule has 0 radical (unpaired) electrons. The topological polar surface area (TPSA) is 24.9 Å². The van der Waals surface area contributed by atoms with Crippen molar-refractivity contribution in [2.24, 2.45) is 0 Å². The molecule has 19 heavy (non-hydrogen) atoms. The molecule has 2 aromatic rings. The average molecular weight is 292 g/mol. The molecule has 3 rings (SSSR count). The summed E-state index contributed by atoms with van der Waals surface area (Å²) in [6.45, 7) is 5.51. The Kier molecular flexibility index (Phi) is 4.01. The molecule has 4 heteroatoms. The number of aryl methyl sites for hydroxylation is 2. The number of aromatic nitrogens is 1. The van der Waals surface area contributed by atoms with Crippen molar-refractivity contribution in [1.82, 2.24) is 10.3 Å². The number of fused-ring (bicyclic) bond motifs is 1. The van der Waals surface area contributed by atoms with E-state index >= 15 is 0 Å². The van der Waals surface area contributed by atoms with Gasteiger partial charge >= 0.3 is 0 Å². The zero-order chi connectivity index (χ0) is 13.2. The zero-order valence-corrected chi connectivity index (χ0v) is 13.2. The highest BCUT2D eigenvalue weighted by molar-refractivity contribution is 7.21. The number of thiazole rings is 1. The van der Waals surface area contributed by atoms with Crippen LogP contribution in [0.1, 0.15) is 48.4 Å². The first-order chi connectivity index (χ1) is 9.29. The van der Waals surface area contributed by atoms with Gasteiger partial charge in [-0.15, -0.1) is 22.7 Å². The number of thiophene rings is 1. The van der Waals surface area contributed by atoms with Gasteiger partial charge in [0.1, 0.15) is 5.01 Å². The van der Waals surface area contributed by atoms with Crippen molar-refractivity contribution >= 4 is 22.7 Å². The van der Waals surface area contributed by atoms with Gasteiger partial charge in [0, 0.05) is 10.9 Å². The summed E-state index contributed by atoms with van der Waals surface area (Å²) >= 11 is 3.72. The maximum Gasteiger partial charge on any atom is 0.134 e. The van der Waals surface area contributed by atoms with Crippen molar-refractivity contribution in [3.8, 4) is 9.88 Å². The van der Waals surface area contributed by atoms with Crippen molar-refractivity contribution in [3.63, 3.8) is 0 Å². The maximum absolute atomic E-state index is 4.90. The molecule has 0 bridgehead atoms. The minimum atomic E-state index is 0.537. The molecule has 2 nitrogen and oxygen atoms in total. The van der Waals surface area contributed by atoms with Gasteiger partial charge in [-0.25, -0.2) is 4.98 Å². The van der Waals surface area contributed by atoms with Crippen LogP contribution in [0.2, 0.25) is 0 Å². The highest BCUT2D eigenvalue weighted by Crippen LogP contribution is 2.40. The molecular weight excluding hydrogens is 272 g/mol. The van der Waals surface area contributed by atoms with Crippen molar-refractivity contribution in [2.75, 3.05) is 6.54 Å². The highest BCUT2D eigenvalue weighted by atomic mass is 32.1. The van der Waals surface area contributed by atoms with Crippen molar-refractivity contribution in [2.45, 2.75) is 45.6 Å². The summed E-state index contributed by atoms with van der Waals surface area (Å²) in [6, 6.07) is 2.72. The molecule has 1 unspecified atom stereocenters. The van der Waals surface area contributed by atoms with Gasteiger partial charge < -0.3 is 5.32 Å². The number of hydrogen-bond acceptors (Lipinski definition) is 4. The number of hydrogen-bond donors (Lipinski definition) is 1. The predicted octanol–water partition coefficient (Wildman–Crippen LogP) is 4.56. The Morgan fingerprint density at radius 2 is 2.37 bits per heavy atom. The molecule has 0 saturated heterocycles. The highest BCUT2D eigenvalue weighted by Gasteiger charge is 2.24. The molecule has 0 saturated carbocycles. The van der Waals surface area contributed by atoms with Gasteiger partial charge in [-0.1, -0.05) is 6.92 Å². The third-order valence-electron chi connectivity index (χ3n) is 3.65. The molecule has 102 valence electrons. The molecule has 0 aromatic carbocycles. The van der Waals surface area contributed by atoms with E-state index in [1.807, 2.05) is 22.7 Å². The van der Waals surface area contributed by atoms with Crippen LogP contribution in [0.5, 0.6) is 0 Å². The second-order valence-electron chi connectivity index (χ2n) is 5.16. The first kappa shape index (κ1) is 13.3. The molecule has 2 aromatic heterocycles. The van der Waals surface area contributed by atoms with Crippen LogP contribution in [-0.2, 0) is 6.42 Å². The molecule has 2 heterocycles. The van der Waals surface area contributed by atoms with Gasteiger partial charge in [-0.2, -0.15) is 0 Å². The lowest BCUT2D eigenvalue weighted by atomic mass is 9.98. The number of nitrogens with zero attached hydrogens (tertiary/aromatic N) is 1. The third-order valence-corrected chi connectivity index (χ3v) is 6.03. The normalized spacial score (nSPS) is 18.5. The van der Waals surface area contributed by atoms with E-state index in [1.165, 1.54) is 45.3 Å². The van der Waals surface area contributed by atoms with Crippen LogP contribution in [0.3, 0.4) is 0 Å². The van der Waals surface area contributed by atoms with Gasteiger partial charge in [0.25, 0.3) is 0 Å². The second-order valence-corrected chi connectivity index (χ2v) is 7.11. The van der Waals surface area contributed by atoms with Crippen LogP contribution in [-0.4, -0.2) is 11.5 Å². The number of nitrogens with one attached hydrogen (secondary N) is 1. The van der Waals surface area contributed by atoms with Crippen LogP contribution < -0.4 is 5.32 Å². The van der Waals surface area contributed by atoms with E-state index in [0.717, 1.165) is 13.0 Å². The van der Waals surface area contributed by atoms with E-state index in [-0.39, 0.29) is 0 Å².